The van der Waals surface area contributed by atoms with Gasteiger partial charge in [-0.25, -0.2) is 10.5 Å². The highest BCUT2D eigenvalue weighted by molar-refractivity contribution is 5.91. The third-order valence-corrected chi connectivity index (χ3v) is 4.73. The second kappa shape index (κ2) is 17.4. The standard InChI is InChI=1S/C22H30N4O2.C3H6.C2H6/c1-5-26-20-13-11-18(12-14-22(27)25-28)15-19(20)24-21(26)8-6-7-16(2)9-10-17(3)23-4;1-3-2;1-2/h10-15,23,28H,2,5-9H2,1,3-4H3,(H,25,27);3H,1H2,2H3;1-2H3/b14-12+,17-10-;;. The molecule has 33 heavy (non-hydrogen) atoms. The predicted molar refractivity (Wildman–Crippen MR) is 141 cm³/mol. The SMILES string of the molecule is C=C(C/C=C(/C)NC)CCCc1nc2cc(/C=C/C(=O)NO)ccc2n1CC.C=CC.CC. The van der Waals surface area contributed by atoms with Gasteiger partial charge < -0.3 is 9.88 Å². The molecule has 1 aromatic carbocycles. The van der Waals surface area contributed by atoms with Gasteiger partial charge in [-0.15, -0.1) is 6.58 Å². The van der Waals surface area contributed by atoms with Crippen molar-refractivity contribution in [3.05, 3.63) is 72.2 Å². The summed E-state index contributed by atoms with van der Waals surface area (Å²) in [6.07, 6.45) is 10.6. The summed E-state index contributed by atoms with van der Waals surface area (Å²) in [7, 11) is 1.92. The molecule has 0 unspecified atom stereocenters. The smallest absolute Gasteiger partial charge is 0.267 e. The average Bonchev–Trinajstić information content (AvgIpc) is 3.19. The molecule has 0 spiro atoms. The Balaban J connectivity index is 0.00000189. The van der Waals surface area contributed by atoms with Crippen LogP contribution in [0.25, 0.3) is 17.1 Å². The number of hydrogen-bond donors (Lipinski definition) is 3. The molecule has 0 aliphatic heterocycles. The Kier molecular flexibility index (Phi) is 15.8. The zero-order chi connectivity index (χ0) is 25.2. The number of aromatic nitrogens is 2. The van der Waals surface area contributed by atoms with Gasteiger partial charge in [0.15, 0.2) is 0 Å². The van der Waals surface area contributed by atoms with Gasteiger partial charge >= 0.3 is 0 Å². The summed E-state index contributed by atoms with van der Waals surface area (Å²) in [5.41, 5.74) is 6.84. The molecule has 182 valence electrons. The minimum absolute atomic E-state index is 0.556. The van der Waals surface area contributed by atoms with E-state index in [2.05, 4.69) is 43.0 Å². The minimum atomic E-state index is -0.556. The molecule has 1 heterocycles. The Morgan fingerprint density at radius 3 is 2.55 bits per heavy atom. The lowest BCUT2D eigenvalue weighted by Crippen LogP contribution is -2.14. The van der Waals surface area contributed by atoms with Crippen LogP contribution in [0.5, 0.6) is 0 Å². The van der Waals surface area contributed by atoms with Gasteiger partial charge in [-0.3, -0.25) is 10.0 Å². The summed E-state index contributed by atoms with van der Waals surface area (Å²) in [6, 6.07) is 5.92. The quantitative estimate of drug-likeness (QED) is 0.173. The van der Waals surface area contributed by atoms with Crippen molar-refractivity contribution in [2.75, 3.05) is 7.05 Å². The van der Waals surface area contributed by atoms with Gasteiger partial charge in [0.25, 0.3) is 5.91 Å². The molecule has 0 bridgehead atoms. The first-order chi connectivity index (χ1) is 15.9. The number of carbonyl (C=O) groups excluding carboxylic acids is 1. The predicted octanol–water partition coefficient (Wildman–Crippen LogP) is 6.19. The molecule has 1 aromatic heterocycles. The van der Waals surface area contributed by atoms with Crippen molar-refractivity contribution in [2.24, 2.45) is 0 Å². The van der Waals surface area contributed by atoms with Crippen LogP contribution >= 0.6 is 0 Å². The van der Waals surface area contributed by atoms with Gasteiger partial charge in [-0.05, 0) is 63.8 Å². The highest BCUT2D eigenvalue weighted by Crippen LogP contribution is 2.21. The van der Waals surface area contributed by atoms with Gasteiger partial charge in [-0.1, -0.05) is 44.2 Å². The number of nitrogens with zero attached hydrogens (tertiary/aromatic N) is 2. The number of allylic oxidation sites excluding steroid dienone is 4. The number of amides is 1. The van der Waals surface area contributed by atoms with Gasteiger partial charge in [0, 0.05) is 31.8 Å². The van der Waals surface area contributed by atoms with Crippen LogP contribution in [-0.2, 0) is 17.8 Å². The molecule has 0 aliphatic rings. The number of fused-ring (bicyclic) bond motifs is 1. The lowest BCUT2D eigenvalue weighted by molar-refractivity contribution is -0.124. The number of hydrogen-bond acceptors (Lipinski definition) is 4. The van der Waals surface area contributed by atoms with E-state index < -0.39 is 5.91 Å². The average molecular weight is 455 g/mol. The number of nitrogens with one attached hydrogen (secondary N) is 2. The number of carbonyl (C=O) groups is 1. The molecule has 0 aliphatic carbocycles. The van der Waals surface area contributed by atoms with E-state index in [0.29, 0.717) is 0 Å². The van der Waals surface area contributed by atoms with Crippen LogP contribution in [0.2, 0.25) is 0 Å². The molecule has 6 heteroatoms. The zero-order valence-electron chi connectivity index (χ0n) is 21.2. The maximum absolute atomic E-state index is 11.1. The van der Waals surface area contributed by atoms with E-state index in [-0.39, 0.29) is 0 Å². The number of aryl methyl sites for hydroxylation is 2. The summed E-state index contributed by atoms with van der Waals surface area (Å²) in [4.78, 5) is 15.9. The van der Waals surface area contributed by atoms with E-state index >= 15 is 0 Å². The lowest BCUT2D eigenvalue weighted by atomic mass is 10.1. The fourth-order valence-corrected chi connectivity index (χ4v) is 3.05. The van der Waals surface area contributed by atoms with Gasteiger partial charge in [0.2, 0.25) is 0 Å². The fraction of sp³-hybridized carbons (Fsp3) is 0.407. The fourth-order valence-electron chi connectivity index (χ4n) is 3.05. The summed E-state index contributed by atoms with van der Waals surface area (Å²) >= 11 is 0. The Labute approximate surface area is 199 Å². The maximum atomic E-state index is 11.1. The van der Waals surface area contributed by atoms with E-state index in [1.54, 1.807) is 17.6 Å². The largest absolute Gasteiger partial charge is 0.392 e. The number of benzene rings is 1. The molecule has 1 amide bonds. The van der Waals surface area contributed by atoms with Crippen molar-refractivity contribution in [1.82, 2.24) is 20.3 Å². The van der Waals surface area contributed by atoms with Gasteiger partial charge in [0.05, 0.1) is 11.0 Å². The second-order valence-electron chi connectivity index (χ2n) is 7.18. The van der Waals surface area contributed by atoms with Gasteiger partial charge in [0.1, 0.15) is 5.82 Å². The maximum Gasteiger partial charge on any atom is 0.267 e. The molecule has 3 N–H and O–H groups in total. The molecule has 6 nitrogen and oxygen atoms in total. The molecule has 2 aromatic rings. The van der Waals surface area contributed by atoms with E-state index in [1.165, 1.54) is 11.6 Å². The topological polar surface area (TPSA) is 79.2 Å². The van der Waals surface area contributed by atoms with Crippen molar-refractivity contribution in [2.45, 2.75) is 66.8 Å². The Hall–Kier alpha value is -3.12. The van der Waals surface area contributed by atoms with Crippen LogP contribution in [0.15, 0.2) is 60.9 Å². The van der Waals surface area contributed by atoms with E-state index in [9.17, 15) is 4.79 Å². The van der Waals surface area contributed by atoms with Crippen LogP contribution in [0.4, 0.5) is 0 Å². The first-order valence-electron chi connectivity index (χ1n) is 11.6. The molecular formula is C27H42N4O2. The Bertz CT molecular complexity index is 939. The van der Waals surface area contributed by atoms with Crippen LogP contribution in [-0.4, -0.2) is 27.7 Å². The molecule has 0 saturated carbocycles. The summed E-state index contributed by atoms with van der Waals surface area (Å²) < 4.78 is 2.23. The highest BCUT2D eigenvalue weighted by Gasteiger charge is 2.10. The Morgan fingerprint density at radius 1 is 1.30 bits per heavy atom. The van der Waals surface area contributed by atoms with E-state index in [1.807, 2.05) is 46.0 Å². The third-order valence-electron chi connectivity index (χ3n) is 4.73. The van der Waals surface area contributed by atoms with Crippen LogP contribution in [0.3, 0.4) is 0 Å². The molecular weight excluding hydrogens is 412 g/mol. The van der Waals surface area contributed by atoms with E-state index in [0.717, 1.165) is 60.3 Å². The molecule has 2 rings (SSSR count). The summed E-state index contributed by atoms with van der Waals surface area (Å²) in [5, 5.41) is 11.7. The monoisotopic (exact) mass is 454 g/mol. The second-order valence-corrected chi connectivity index (χ2v) is 7.18. The molecule has 0 saturated heterocycles. The van der Waals surface area contributed by atoms with Crippen LogP contribution in [0.1, 0.15) is 65.3 Å². The summed E-state index contributed by atoms with van der Waals surface area (Å²) in [6.45, 7) is 18.5. The number of rotatable bonds is 10. The normalized spacial score (nSPS) is 10.7. The van der Waals surface area contributed by atoms with Crippen molar-refractivity contribution < 1.29 is 10.0 Å². The number of imidazole rings is 1. The van der Waals surface area contributed by atoms with Crippen molar-refractivity contribution in [3.63, 3.8) is 0 Å². The molecule has 0 radical (unpaired) electrons. The van der Waals surface area contributed by atoms with Crippen molar-refractivity contribution in [3.8, 4) is 0 Å². The van der Waals surface area contributed by atoms with Crippen LogP contribution in [0, 0.1) is 0 Å². The summed E-state index contributed by atoms with van der Waals surface area (Å²) in [5.74, 6) is 0.515. The highest BCUT2D eigenvalue weighted by atomic mass is 16.5. The van der Waals surface area contributed by atoms with E-state index in [4.69, 9.17) is 10.2 Å². The first kappa shape index (κ1) is 29.9. The van der Waals surface area contributed by atoms with Gasteiger partial charge in [-0.2, -0.15) is 0 Å². The van der Waals surface area contributed by atoms with Crippen molar-refractivity contribution >= 4 is 23.0 Å². The minimum Gasteiger partial charge on any atom is -0.392 e. The molecule has 0 fully saturated rings. The third kappa shape index (κ3) is 10.8. The molecule has 0 atom stereocenters. The Morgan fingerprint density at radius 2 is 1.97 bits per heavy atom. The van der Waals surface area contributed by atoms with Crippen molar-refractivity contribution in [1.29, 1.82) is 0 Å². The zero-order valence-corrected chi connectivity index (χ0v) is 21.2. The first-order valence-corrected chi connectivity index (χ1v) is 11.6. The lowest BCUT2D eigenvalue weighted by Gasteiger charge is -2.07. The van der Waals surface area contributed by atoms with Crippen LogP contribution < -0.4 is 10.8 Å². The number of hydroxylamine groups is 1.